The van der Waals surface area contributed by atoms with Crippen molar-refractivity contribution < 1.29 is 13.2 Å². The van der Waals surface area contributed by atoms with Crippen LogP contribution in [0.5, 0.6) is 0 Å². The molecule has 0 aliphatic carbocycles. The lowest BCUT2D eigenvalue weighted by Crippen LogP contribution is -2.28. The molecule has 0 aromatic heterocycles. The third-order valence-electron chi connectivity index (χ3n) is 4.64. The predicted molar refractivity (Wildman–Crippen MR) is 106 cm³/mol. The number of rotatable bonds is 6. The largest absolute Gasteiger partial charge is 0.345 e. The summed E-state index contributed by atoms with van der Waals surface area (Å²) in [6, 6.07) is 12.7. The second kappa shape index (κ2) is 7.91. The first-order valence-electron chi connectivity index (χ1n) is 8.55. The molecule has 0 radical (unpaired) electrons. The van der Waals surface area contributed by atoms with Crippen LogP contribution in [0.4, 0.5) is 5.69 Å². The maximum absolute atomic E-state index is 12.6. The predicted octanol–water partition coefficient (Wildman–Crippen LogP) is 3.58. The molecule has 0 unspecified atom stereocenters. The molecule has 140 valence electrons. The lowest BCUT2D eigenvalue weighted by Gasteiger charge is -2.19. The second-order valence-electron chi connectivity index (χ2n) is 6.56. The molecule has 0 fully saturated rings. The number of aryl methyl sites for hydroxylation is 2. The van der Waals surface area contributed by atoms with E-state index in [0.717, 1.165) is 18.2 Å². The summed E-state index contributed by atoms with van der Waals surface area (Å²) in [5, 5.41) is 3.05. The second-order valence-corrected chi connectivity index (χ2v) is 8.57. The fourth-order valence-electron chi connectivity index (χ4n) is 2.66. The SMILES string of the molecule is CC[C@H](NC(=O)c1ccc(N(C)S(C)(=O)=O)cc1)c1ccc(C)c(C)c1. The molecule has 0 aliphatic heterocycles. The van der Waals surface area contributed by atoms with Gasteiger partial charge in [0.1, 0.15) is 0 Å². The Morgan fingerprint density at radius 1 is 1.08 bits per heavy atom. The van der Waals surface area contributed by atoms with Crippen molar-refractivity contribution in [3.8, 4) is 0 Å². The van der Waals surface area contributed by atoms with Gasteiger partial charge in [-0.3, -0.25) is 9.10 Å². The highest BCUT2D eigenvalue weighted by molar-refractivity contribution is 7.92. The Labute approximate surface area is 156 Å². The normalized spacial score (nSPS) is 12.5. The summed E-state index contributed by atoms with van der Waals surface area (Å²) in [5.74, 6) is -0.177. The summed E-state index contributed by atoms with van der Waals surface area (Å²) in [6.07, 6.45) is 1.92. The Bertz CT molecular complexity index is 890. The van der Waals surface area contributed by atoms with Crippen molar-refractivity contribution in [2.24, 2.45) is 0 Å². The van der Waals surface area contributed by atoms with Crippen LogP contribution in [-0.4, -0.2) is 27.6 Å². The number of sulfonamides is 1. The molecule has 2 rings (SSSR count). The van der Waals surface area contributed by atoms with E-state index in [9.17, 15) is 13.2 Å². The summed E-state index contributed by atoms with van der Waals surface area (Å²) in [4.78, 5) is 12.6. The van der Waals surface area contributed by atoms with Gasteiger partial charge in [0.15, 0.2) is 0 Å². The van der Waals surface area contributed by atoms with Crippen LogP contribution in [0.1, 0.15) is 46.4 Å². The molecule has 1 N–H and O–H groups in total. The minimum Gasteiger partial charge on any atom is -0.345 e. The monoisotopic (exact) mass is 374 g/mol. The number of benzene rings is 2. The van der Waals surface area contributed by atoms with Crippen LogP contribution in [0.25, 0.3) is 0 Å². The van der Waals surface area contributed by atoms with E-state index in [2.05, 4.69) is 31.3 Å². The van der Waals surface area contributed by atoms with Crippen LogP contribution in [0.2, 0.25) is 0 Å². The van der Waals surface area contributed by atoms with Gasteiger partial charge in [0, 0.05) is 12.6 Å². The first-order valence-corrected chi connectivity index (χ1v) is 10.4. The van der Waals surface area contributed by atoms with Gasteiger partial charge in [-0.25, -0.2) is 8.42 Å². The highest BCUT2D eigenvalue weighted by Crippen LogP contribution is 2.21. The van der Waals surface area contributed by atoms with E-state index in [1.54, 1.807) is 24.3 Å². The summed E-state index contributed by atoms with van der Waals surface area (Å²) in [7, 11) is -1.84. The number of carbonyl (C=O) groups is 1. The molecule has 6 heteroatoms. The molecule has 0 bridgehead atoms. The number of carbonyl (C=O) groups excluding carboxylic acids is 1. The van der Waals surface area contributed by atoms with Crippen LogP contribution in [0.3, 0.4) is 0 Å². The maximum Gasteiger partial charge on any atom is 0.251 e. The van der Waals surface area contributed by atoms with Gasteiger partial charge in [-0.2, -0.15) is 0 Å². The van der Waals surface area contributed by atoms with Gasteiger partial charge in [-0.05, 0) is 61.2 Å². The smallest absolute Gasteiger partial charge is 0.251 e. The number of hydrogen-bond donors (Lipinski definition) is 1. The average molecular weight is 375 g/mol. The summed E-state index contributed by atoms with van der Waals surface area (Å²) >= 11 is 0. The Kier molecular flexibility index (Phi) is 6.08. The van der Waals surface area contributed by atoms with Gasteiger partial charge in [0.25, 0.3) is 5.91 Å². The lowest BCUT2D eigenvalue weighted by atomic mass is 9.99. The quantitative estimate of drug-likeness (QED) is 0.840. The number of nitrogens with one attached hydrogen (secondary N) is 1. The molecule has 1 amide bonds. The topological polar surface area (TPSA) is 66.5 Å². The molecule has 2 aromatic rings. The third-order valence-corrected chi connectivity index (χ3v) is 5.84. The van der Waals surface area contributed by atoms with Crippen LogP contribution in [0, 0.1) is 13.8 Å². The van der Waals surface area contributed by atoms with Gasteiger partial charge in [0.05, 0.1) is 18.0 Å². The summed E-state index contributed by atoms with van der Waals surface area (Å²) in [5.41, 5.74) is 4.52. The van der Waals surface area contributed by atoms with E-state index in [1.807, 2.05) is 13.0 Å². The molecular weight excluding hydrogens is 348 g/mol. The van der Waals surface area contributed by atoms with Gasteiger partial charge < -0.3 is 5.32 Å². The highest BCUT2D eigenvalue weighted by Gasteiger charge is 2.16. The number of hydrogen-bond acceptors (Lipinski definition) is 3. The van der Waals surface area contributed by atoms with Crippen LogP contribution in [0.15, 0.2) is 42.5 Å². The average Bonchev–Trinajstić information content (AvgIpc) is 2.60. The van der Waals surface area contributed by atoms with E-state index in [4.69, 9.17) is 0 Å². The molecule has 0 saturated carbocycles. The maximum atomic E-state index is 12.6. The Hall–Kier alpha value is -2.34. The highest BCUT2D eigenvalue weighted by atomic mass is 32.2. The Morgan fingerprint density at radius 2 is 1.69 bits per heavy atom. The van der Waals surface area contributed by atoms with Crippen molar-refractivity contribution in [3.05, 3.63) is 64.7 Å². The standard InChI is InChI=1S/C20H26N2O3S/c1-6-19(17-8-7-14(2)15(3)13-17)21-20(23)16-9-11-18(12-10-16)22(4)26(5,24)25/h7-13,19H,6H2,1-5H3,(H,21,23)/t19-/m0/s1. The molecule has 0 saturated heterocycles. The van der Waals surface area contributed by atoms with Gasteiger partial charge in [-0.1, -0.05) is 25.1 Å². The zero-order valence-corrected chi connectivity index (χ0v) is 16.7. The minimum atomic E-state index is -3.32. The van der Waals surface area contributed by atoms with E-state index < -0.39 is 10.0 Å². The van der Waals surface area contributed by atoms with Gasteiger partial charge in [0.2, 0.25) is 10.0 Å². The molecule has 0 aliphatic rings. The van der Waals surface area contributed by atoms with Crippen molar-refractivity contribution in [1.82, 2.24) is 5.32 Å². The van der Waals surface area contributed by atoms with Crippen molar-refractivity contribution in [1.29, 1.82) is 0 Å². The van der Waals surface area contributed by atoms with Gasteiger partial charge in [-0.15, -0.1) is 0 Å². The van der Waals surface area contributed by atoms with Crippen molar-refractivity contribution in [2.45, 2.75) is 33.2 Å². The molecule has 2 aromatic carbocycles. The van der Waals surface area contributed by atoms with E-state index in [-0.39, 0.29) is 11.9 Å². The van der Waals surface area contributed by atoms with E-state index in [0.29, 0.717) is 11.3 Å². The van der Waals surface area contributed by atoms with E-state index >= 15 is 0 Å². The van der Waals surface area contributed by atoms with Crippen LogP contribution < -0.4 is 9.62 Å². The van der Waals surface area contributed by atoms with Crippen LogP contribution in [-0.2, 0) is 10.0 Å². The van der Waals surface area contributed by atoms with Crippen molar-refractivity contribution in [3.63, 3.8) is 0 Å². The zero-order valence-electron chi connectivity index (χ0n) is 15.9. The van der Waals surface area contributed by atoms with Gasteiger partial charge >= 0.3 is 0 Å². The fraction of sp³-hybridized carbons (Fsp3) is 0.350. The first kappa shape index (κ1) is 20.0. The lowest BCUT2D eigenvalue weighted by molar-refractivity contribution is 0.0935. The number of amides is 1. The van der Waals surface area contributed by atoms with E-state index in [1.165, 1.54) is 22.5 Å². The van der Waals surface area contributed by atoms with Crippen molar-refractivity contribution >= 4 is 21.6 Å². The molecule has 0 heterocycles. The first-order chi connectivity index (χ1) is 12.1. The number of nitrogens with zero attached hydrogens (tertiary/aromatic N) is 1. The summed E-state index contributed by atoms with van der Waals surface area (Å²) < 4.78 is 24.4. The fourth-order valence-corrected chi connectivity index (χ4v) is 3.16. The minimum absolute atomic E-state index is 0.0693. The number of anilines is 1. The molecule has 26 heavy (non-hydrogen) atoms. The Morgan fingerprint density at radius 3 is 2.19 bits per heavy atom. The zero-order chi connectivity index (χ0) is 19.5. The molecule has 5 nitrogen and oxygen atoms in total. The molecular formula is C20H26N2O3S. The van der Waals surface area contributed by atoms with Crippen molar-refractivity contribution in [2.75, 3.05) is 17.6 Å². The summed E-state index contributed by atoms with van der Waals surface area (Å²) in [6.45, 7) is 6.16. The third kappa shape index (κ3) is 4.64. The molecule has 1 atom stereocenters. The molecule has 0 spiro atoms. The Balaban J connectivity index is 2.16. The van der Waals surface area contributed by atoms with Crippen LogP contribution >= 0.6 is 0 Å².